The molecule has 102 valence electrons. The Morgan fingerprint density at radius 2 is 1.47 bits per heavy atom. The molecule has 2 rings (SSSR count). The molecule has 0 atom stereocenters. The highest BCUT2D eigenvalue weighted by Crippen LogP contribution is 2.30. The van der Waals surface area contributed by atoms with Gasteiger partial charge in [0.25, 0.3) is 0 Å². The van der Waals surface area contributed by atoms with Crippen molar-refractivity contribution in [3.63, 3.8) is 0 Å². The number of halogens is 3. The van der Waals surface area contributed by atoms with E-state index in [1.165, 1.54) is 12.1 Å². The molecule has 0 saturated heterocycles. The summed E-state index contributed by atoms with van der Waals surface area (Å²) in [4.78, 5) is 4.25. The Bertz CT molecular complexity index is 516. The highest BCUT2D eigenvalue weighted by atomic mass is 19.4. The van der Waals surface area contributed by atoms with Gasteiger partial charge in [0.1, 0.15) is 0 Å². The predicted molar refractivity (Wildman–Crippen MR) is 70.8 cm³/mol. The van der Waals surface area contributed by atoms with Gasteiger partial charge in [-0.25, -0.2) is 0 Å². The Labute approximate surface area is 111 Å². The molecule has 0 bridgehead atoms. The Morgan fingerprint density at radius 1 is 0.895 bits per heavy atom. The molecule has 1 heterocycles. The lowest BCUT2D eigenvalue weighted by Gasteiger charge is -2.07. The van der Waals surface area contributed by atoms with E-state index in [0.29, 0.717) is 11.3 Å². The van der Waals surface area contributed by atoms with Gasteiger partial charge in [0.05, 0.1) is 11.3 Å². The van der Waals surface area contributed by atoms with E-state index in [0.717, 1.165) is 17.8 Å². The van der Waals surface area contributed by atoms with Crippen molar-refractivity contribution in [2.45, 2.75) is 26.9 Å². The molecule has 0 fully saturated rings. The van der Waals surface area contributed by atoms with E-state index >= 15 is 0 Å². The van der Waals surface area contributed by atoms with Crippen LogP contribution in [-0.2, 0) is 6.18 Å². The lowest BCUT2D eigenvalue weighted by Crippen LogP contribution is -2.04. The minimum atomic E-state index is -4.29. The first-order chi connectivity index (χ1) is 8.97. The maximum absolute atomic E-state index is 12.4. The molecular formula is C15H16F3N. The lowest BCUT2D eigenvalue weighted by molar-refractivity contribution is -0.137. The van der Waals surface area contributed by atoms with Crippen molar-refractivity contribution in [2.24, 2.45) is 0 Å². The van der Waals surface area contributed by atoms with Crippen LogP contribution in [0.5, 0.6) is 0 Å². The molecular weight excluding hydrogens is 251 g/mol. The summed E-state index contributed by atoms with van der Waals surface area (Å²) in [7, 11) is 0. The quantitative estimate of drug-likeness (QED) is 0.700. The number of rotatable bonds is 1. The topological polar surface area (TPSA) is 12.9 Å². The van der Waals surface area contributed by atoms with E-state index in [1.54, 1.807) is 6.07 Å². The molecule has 1 aromatic heterocycles. The van der Waals surface area contributed by atoms with Crippen molar-refractivity contribution in [3.05, 3.63) is 53.7 Å². The smallest absolute Gasteiger partial charge is 0.253 e. The average molecular weight is 267 g/mol. The molecule has 2 aromatic rings. The van der Waals surface area contributed by atoms with Crippen molar-refractivity contribution < 1.29 is 13.2 Å². The summed E-state index contributed by atoms with van der Waals surface area (Å²) >= 11 is 0. The summed E-state index contributed by atoms with van der Waals surface area (Å²) in [6.45, 7) is 5.84. The van der Waals surface area contributed by atoms with Gasteiger partial charge in [-0.3, -0.25) is 4.98 Å². The first-order valence-electron chi connectivity index (χ1n) is 6.08. The van der Waals surface area contributed by atoms with Crippen LogP contribution in [0.25, 0.3) is 11.3 Å². The van der Waals surface area contributed by atoms with Crippen molar-refractivity contribution in [2.75, 3.05) is 0 Å². The molecule has 0 aliphatic rings. The summed E-state index contributed by atoms with van der Waals surface area (Å²) in [5, 5.41) is 0. The highest BCUT2D eigenvalue weighted by molar-refractivity contribution is 5.59. The highest BCUT2D eigenvalue weighted by Gasteiger charge is 2.29. The van der Waals surface area contributed by atoms with Gasteiger partial charge in [-0.05, 0) is 31.2 Å². The van der Waals surface area contributed by atoms with Gasteiger partial charge >= 0.3 is 6.18 Å². The summed E-state index contributed by atoms with van der Waals surface area (Å²) in [6.07, 6.45) is -4.29. The molecule has 0 saturated carbocycles. The Balaban J connectivity index is 0.000000861. The second-order valence-corrected chi connectivity index (χ2v) is 3.74. The number of pyridine rings is 1. The fourth-order valence-electron chi connectivity index (χ4n) is 1.53. The molecule has 0 amide bonds. The molecule has 0 radical (unpaired) electrons. The van der Waals surface area contributed by atoms with Gasteiger partial charge < -0.3 is 0 Å². The Hall–Kier alpha value is -1.84. The van der Waals surface area contributed by atoms with Crippen molar-refractivity contribution in [3.8, 4) is 11.3 Å². The summed E-state index contributed by atoms with van der Waals surface area (Å²) in [6, 6.07) is 10.5. The van der Waals surface area contributed by atoms with E-state index < -0.39 is 11.7 Å². The second kappa shape index (κ2) is 6.36. The normalized spacial score (nSPS) is 10.6. The van der Waals surface area contributed by atoms with Gasteiger partial charge in [0.2, 0.25) is 0 Å². The third-order valence-corrected chi connectivity index (χ3v) is 2.40. The molecule has 19 heavy (non-hydrogen) atoms. The van der Waals surface area contributed by atoms with E-state index in [9.17, 15) is 13.2 Å². The molecule has 0 N–H and O–H groups in total. The molecule has 0 unspecified atom stereocenters. The minimum Gasteiger partial charge on any atom is -0.253 e. The molecule has 0 spiro atoms. The van der Waals surface area contributed by atoms with Gasteiger partial charge in [0.15, 0.2) is 0 Å². The number of alkyl halides is 3. The second-order valence-electron chi connectivity index (χ2n) is 3.74. The largest absolute Gasteiger partial charge is 0.416 e. The predicted octanol–water partition coefficient (Wildman–Crippen LogP) is 5.10. The lowest BCUT2D eigenvalue weighted by atomic mass is 10.1. The third kappa shape index (κ3) is 4.09. The van der Waals surface area contributed by atoms with Crippen LogP contribution in [0.1, 0.15) is 25.1 Å². The zero-order valence-electron chi connectivity index (χ0n) is 11.1. The molecule has 1 nitrogen and oxygen atoms in total. The van der Waals surface area contributed by atoms with Crippen LogP contribution >= 0.6 is 0 Å². The van der Waals surface area contributed by atoms with Crippen LogP contribution in [-0.4, -0.2) is 4.98 Å². The monoisotopic (exact) mass is 267 g/mol. The average Bonchev–Trinajstić information content (AvgIpc) is 2.40. The standard InChI is InChI=1S/C13H10F3N.C2H6/c1-9-3-2-4-12(17-9)10-5-7-11(8-6-10)13(14,15)16;1-2/h2-8H,1H3;1-2H3. The number of aromatic nitrogens is 1. The van der Waals surface area contributed by atoms with Crippen LogP contribution < -0.4 is 0 Å². The van der Waals surface area contributed by atoms with Crippen molar-refractivity contribution in [1.82, 2.24) is 4.98 Å². The summed E-state index contributed by atoms with van der Waals surface area (Å²) in [5.41, 5.74) is 1.55. The Morgan fingerprint density at radius 3 is 1.95 bits per heavy atom. The minimum absolute atomic E-state index is 0.645. The van der Waals surface area contributed by atoms with E-state index in [1.807, 2.05) is 32.9 Å². The van der Waals surface area contributed by atoms with Crippen LogP contribution in [0, 0.1) is 6.92 Å². The molecule has 0 aliphatic heterocycles. The van der Waals surface area contributed by atoms with Crippen molar-refractivity contribution >= 4 is 0 Å². The number of aryl methyl sites for hydroxylation is 1. The van der Waals surface area contributed by atoms with Gasteiger partial charge in [-0.1, -0.05) is 32.0 Å². The molecule has 1 aromatic carbocycles. The van der Waals surface area contributed by atoms with Crippen LogP contribution in [0.15, 0.2) is 42.5 Å². The number of nitrogens with zero attached hydrogens (tertiary/aromatic N) is 1. The van der Waals surface area contributed by atoms with Crippen molar-refractivity contribution in [1.29, 1.82) is 0 Å². The zero-order valence-corrected chi connectivity index (χ0v) is 11.1. The molecule has 4 heteroatoms. The van der Waals surface area contributed by atoms with E-state index in [-0.39, 0.29) is 0 Å². The molecule has 0 aliphatic carbocycles. The van der Waals surface area contributed by atoms with Crippen LogP contribution in [0.3, 0.4) is 0 Å². The number of hydrogen-bond acceptors (Lipinski definition) is 1. The van der Waals surface area contributed by atoms with Crippen LogP contribution in [0.2, 0.25) is 0 Å². The fraction of sp³-hybridized carbons (Fsp3) is 0.267. The van der Waals surface area contributed by atoms with E-state index in [2.05, 4.69) is 4.98 Å². The number of benzene rings is 1. The maximum atomic E-state index is 12.4. The van der Waals surface area contributed by atoms with E-state index in [4.69, 9.17) is 0 Å². The first-order valence-corrected chi connectivity index (χ1v) is 6.08. The maximum Gasteiger partial charge on any atom is 0.416 e. The zero-order chi connectivity index (χ0) is 14.5. The fourth-order valence-corrected chi connectivity index (χ4v) is 1.53. The SMILES string of the molecule is CC.Cc1cccc(-c2ccc(C(F)(F)F)cc2)n1. The third-order valence-electron chi connectivity index (χ3n) is 2.40. The summed E-state index contributed by atoms with van der Waals surface area (Å²) < 4.78 is 37.1. The van der Waals surface area contributed by atoms with Crippen LogP contribution in [0.4, 0.5) is 13.2 Å². The number of hydrogen-bond donors (Lipinski definition) is 0. The first kappa shape index (κ1) is 15.2. The van der Waals surface area contributed by atoms with Gasteiger partial charge in [-0.2, -0.15) is 13.2 Å². The summed E-state index contributed by atoms with van der Waals surface area (Å²) in [5.74, 6) is 0. The Kier molecular flexibility index (Phi) is 5.10. The van der Waals surface area contributed by atoms with Gasteiger partial charge in [0, 0.05) is 11.3 Å². The van der Waals surface area contributed by atoms with Gasteiger partial charge in [-0.15, -0.1) is 0 Å².